The van der Waals surface area contributed by atoms with E-state index in [1.165, 1.54) is 12.1 Å². The van der Waals surface area contributed by atoms with Gasteiger partial charge in [0.25, 0.3) is 10.0 Å². The molecule has 4 aromatic rings. The average Bonchev–Trinajstić information content (AvgIpc) is 3.07. The van der Waals surface area contributed by atoms with Gasteiger partial charge in [-0.25, -0.2) is 13.4 Å². The number of nitrogens with zero attached hydrogens (tertiary/aromatic N) is 2. The first-order valence-electron chi connectivity index (χ1n) is 8.67. The highest BCUT2D eigenvalue weighted by Crippen LogP contribution is 2.25. The van der Waals surface area contributed by atoms with Crippen molar-refractivity contribution in [3.63, 3.8) is 0 Å². The lowest BCUT2D eigenvalue weighted by Gasteiger charge is -2.09. The predicted molar refractivity (Wildman–Crippen MR) is 112 cm³/mol. The maximum atomic E-state index is 12.6. The molecular weight excluding hydrogens is 394 g/mol. The first-order valence-corrected chi connectivity index (χ1v) is 10.5. The zero-order valence-electron chi connectivity index (χ0n) is 15.3. The van der Waals surface area contributed by atoms with Gasteiger partial charge in [0.05, 0.1) is 10.6 Å². The van der Waals surface area contributed by atoms with Gasteiger partial charge in [0.15, 0.2) is 0 Å². The van der Waals surface area contributed by atoms with Gasteiger partial charge in [-0.1, -0.05) is 29.8 Å². The highest BCUT2D eigenvalue weighted by Gasteiger charge is 2.15. The summed E-state index contributed by atoms with van der Waals surface area (Å²) in [7, 11) is -3.71. The number of hydrogen-bond acceptors (Lipinski definition) is 3. The summed E-state index contributed by atoms with van der Waals surface area (Å²) < 4.78 is 29.7. The number of benzene rings is 2. The summed E-state index contributed by atoms with van der Waals surface area (Å²) in [5.41, 5.74) is 5.04. The SMILES string of the molecule is Cc1ccn2cc(-c3ccc(NS(=O)(=O)c4ccc(C)c(Cl)c4)cc3)nc2c1. The first-order chi connectivity index (χ1) is 13.3. The molecule has 0 bridgehead atoms. The Balaban J connectivity index is 1.59. The van der Waals surface area contributed by atoms with E-state index in [9.17, 15) is 8.42 Å². The van der Waals surface area contributed by atoms with Crippen LogP contribution in [0.2, 0.25) is 5.02 Å². The fraction of sp³-hybridized carbons (Fsp3) is 0.0952. The van der Waals surface area contributed by atoms with Crippen LogP contribution in [0.4, 0.5) is 5.69 Å². The smallest absolute Gasteiger partial charge is 0.261 e. The molecule has 0 unspecified atom stereocenters. The molecule has 4 rings (SSSR count). The normalized spacial score (nSPS) is 11.7. The summed E-state index contributed by atoms with van der Waals surface area (Å²) in [6.07, 6.45) is 3.92. The lowest BCUT2D eigenvalue weighted by Crippen LogP contribution is -2.12. The predicted octanol–water partition coefficient (Wildman–Crippen LogP) is 5.07. The zero-order valence-corrected chi connectivity index (χ0v) is 16.9. The van der Waals surface area contributed by atoms with Crippen molar-refractivity contribution in [2.24, 2.45) is 0 Å². The second-order valence-electron chi connectivity index (χ2n) is 6.69. The standard InChI is InChI=1S/C21H18ClN3O2S/c1-14-9-10-25-13-20(23-21(25)11-14)16-4-6-17(7-5-16)24-28(26,27)18-8-3-15(2)19(22)12-18/h3-13,24H,1-2H3. The van der Waals surface area contributed by atoms with Crippen molar-refractivity contribution in [1.29, 1.82) is 0 Å². The second-order valence-corrected chi connectivity index (χ2v) is 8.78. The summed E-state index contributed by atoms with van der Waals surface area (Å²) in [6, 6.07) is 15.8. The summed E-state index contributed by atoms with van der Waals surface area (Å²) in [5, 5.41) is 0.417. The monoisotopic (exact) mass is 411 g/mol. The molecule has 0 saturated heterocycles. The molecule has 5 nitrogen and oxygen atoms in total. The molecule has 0 aliphatic carbocycles. The number of rotatable bonds is 4. The van der Waals surface area contributed by atoms with Gasteiger partial charge in [0.1, 0.15) is 5.65 Å². The Hall–Kier alpha value is -2.83. The molecule has 7 heteroatoms. The van der Waals surface area contributed by atoms with Crippen LogP contribution in [0, 0.1) is 13.8 Å². The molecule has 0 spiro atoms. The van der Waals surface area contributed by atoms with Crippen LogP contribution in [0.1, 0.15) is 11.1 Å². The van der Waals surface area contributed by atoms with E-state index >= 15 is 0 Å². The number of halogens is 1. The summed E-state index contributed by atoms with van der Waals surface area (Å²) in [5.74, 6) is 0. The van der Waals surface area contributed by atoms with Gasteiger partial charge in [-0.05, 0) is 61.4 Å². The fourth-order valence-corrected chi connectivity index (χ4v) is 4.22. The molecule has 142 valence electrons. The van der Waals surface area contributed by atoms with E-state index in [4.69, 9.17) is 11.6 Å². The van der Waals surface area contributed by atoms with Gasteiger partial charge >= 0.3 is 0 Å². The molecule has 2 aromatic heterocycles. The highest BCUT2D eigenvalue weighted by molar-refractivity contribution is 7.92. The third-order valence-corrected chi connectivity index (χ3v) is 6.29. The molecule has 0 radical (unpaired) electrons. The Morgan fingerprint density at radius 3 is 2.46 bits per heavy atom. The van der Waals surface area contributed by atoms with Gasteiger partial charge in [-0.2, -0.15) is 0 Å². The van der Waals surface area contributed by atoms with Crippen molar-refractivity contribution >= 4 is 33.0 Å². The van der Waals surface area contributed by atoms with E-state index in [1.54, 1.807) is 18.2 Å². The van der Waals surface area contributed by atoms with E-state index < -0.39 is 10.0 Å². The van der Waals surface area contributed by atoms with Crippen LogP contribution in [0.3, 0.4) is 0 Å². The summed E-state index contributed by atoms with van der Waals surface area (Å²) in [6.45, 7) is 3.85. The van der Waals surface area contributed by atoms with Crippen molar-refractivity contribution in [3.05, 3.63) is 83.1 Å². The topological polar surface area (TPSA) is 63.5 Å². The maximum absolute atomic E-state index is 12.6. The number of anilines is 1. The number of pyridine rings is 1. The van der Waals surface area contributed by atoms with E-state index in [-0.39, 0.29) is 4.90 Å². The van der Waals surface area contributed by atoms with Crippen LogP contribution in [0.25, 0.3) is 16.9 Å². The number of aryl methyl sites for hydroxylation is 2. The lowest BCUT2D eigenvalue weighted by atomic mass is 10.1. The summed E-state index contributed by atoms with van der Waals surface area (Å²) >= 11 is 6.05. The van der Waals surface area contributed by atoms with Crippen molar-refractivity contribution in [3.8, 4) is 11.3 Å². The van der Waals surface area contributed by atoms with E-state index in [2.05, 4.69) is 9.71 Å². The average molecular weight is 412 g/mol. The fourth-order valence-electron chi connectivity index (χ4n) is 2.89. The van der Waals surface area contributed by atoms with E-state index in [0.29, 0.717) is 10.7 Å². The van der Waals surface area contributed by atoms with Gasteiger partial charge in [0.2, 0.25) is 0 Å². The van der Waals surface area contributed by atoms with E-state index in [1.807, 2.05) is 54.9 Å². The number of aromatic nitrogens is 2. The van der Waals surface area contributed by atoms with Gasteiger partial charge < -0.3 is 4.40 Å². The minimum atomic E-state index is -3.71. The van der Waals surface area contributed by atoms with Gasteiger partial charge in [-0.3, -0.25) is 4.72 Å². The zero-order chi connectivity index (χ0) is 19.9. The Labute approximate surface area is 168 Å². The quantitative estimate of drug-likeness (QED) is 0.509. The Kier molecular flexibility index (Phi) is 4.61. The molecule has 0 amide bonds. The van der Waals surface area contributed by atoms with Crippen LogP contribution < -0.4 is 4.72 Å². The number of imidazole rings is 1. The molecule has 2 heterocycles. The van der Waals surface area contributed by atoms with Crippen molar-refractivity contribution in [2.45, 2.75) is 18.7 Å². The van der Waals surface area contributed by atoms with Gasteiger partial charge in [0, 0.05) is 28.7 Å². The number of sulfonamides is 1. The molecule has 0 fully saturated rings. The molecule has 0 aliphatic rings. The molecular formula is C21H18ClN3O2S. The molecule has 0 saturated carbocycles. The van der Waals surface area contributed by atoms with Crippen molar-refractivity contribution in [2.75, 3.05) is 4.72 Å². The number of fused-ring (bicyclic) bond motifs is 1. The second kappa shape index (κ2) is 6.96. The van der Waals surface area contributed by atoms with E-state index in [0.717, 1.165) is 28.0 Å². The molecule has 1 N–H and O–H groups in total. The Morgan fingerprint density at radius 1 is 1.00 bits per heavy atom. The Bertz CT molecular complexity index is 1280. The molecule has 0 aliphatic heterocycles. The van der Waals surface area contributed by atoms with Crippen LogP contribution >= 0.6 is 11.6 Å². The van der Waals surface area contributed by atoms with Crippen LogP contribution in [-0.2, 0) is 10.0 Å². The summed E-state index contributed by atoms with van der Waals surface area (Å²) in [4.78, 5) is 4.75. The maximum Gasteiger partial charge on any atom is 0.261 e. The van der Waals surface area contributed by atoms with Crippen molar-refractivity contribution in [1.82, 2.24) is 9.38 Å². The van der Waals surface area contributed by atoms with Crippen LogP contribution in [0.5, 0.6) is 0 Å². The lowest BCUT2D eigenvalue weighted by molar-refractivity contribution is 0.601. The largest absolute Gasteiger partial charge is 0.306 e. The van der Waals surface area contributed by atoms with Crippen LogP contribution in [-0.4, -0.2) is 17.8 Å². The van der Waals surface area contributed by atoms with Crippen molar-refractivity contribution < 1.29 is 8.42 Å². The third kappa shape index (κ3) is 3.61. The number of nitrogens with one attached hydrogen (secondary N) is 1. The molecule has 0 atom stereocenters. The van der Waals surface area contributed by atoms with Gasteiger partial charge in [-0.15, -0.1) is 0 Å². The minimum Gasteiger partial charge on any atom is -0.306 e. The highest BCUT2D eigenvalue weighted by atomic mass is 35.5. The molecule has 2 aromatic carbocycles. The van der Waals surface area contributed by atoms with Crippen LogP contribution in [0.15, 0.2) is 71.9 Å². The Morgan fingerprint density at radius 2 is 1.75 bits per heavy atom. The third-order valence-electron chi connectivity index (χ3n) is 4.50. The minimum absolute atomic E-state index is 0.128. The first kappa shape index (κ1) is 18.5. The number of hydrogen-bond donors (Lipinski definition) is 1. The molecule has 28 heavy (non-hydrogen) atoms.